The summed E-state index contributed by atoms with van der Waals surface area (Å²) in [4.78, 5) is 16.3. The zero-order chi connectivity index (χ0) is 18.3. The quantitative estimate of drug-likeness (QED) is 0.497. The van der Waals surface area contributed by atoms with Gasteiger partial charge in [-0.15, -0.1) is 11.3 Å². The van der Waals surface area contributed by atoms with Crippen LogP contribution in [0.25, 0.3) is 0 Å². The number of aromatic nitrogens is 1. The predicted molar refractivity (Wildman–Crippen MR) is 107 cm³/mol. The number of aliphatic hydroxyl groups excluding tert-OH is 1. The van der Waals surface area contributed by atoms with Crippen LogP contribution in [-0.4, -0.2) is 34.0 Å². The van der Waals surface area contributed by atoms with Crippen LogP contribution in [0.5, 0.6) is 0 Å². The Morgan fingerprint density at radius 1 is 1.36 bits per heavy atom. The molecule has 0 aliphatic rings. The van der Waals surface area contributed by atoms with E-state index in [-0.39, 0.29) is 12.6 Å². The number of hydrogen-bond donors (Lipinski definition) is 2. The van der Waals surface area contributed by atoms with Crippen molar-refractivity contribution in [2.75, 3.05) is 18.5 Å². The first kappa shape index (κ1) is 20.2. The number of carbonyl (C=O) groups is 1. The Hall–Kier alpha value is -1.14. The maximum Gasteiger partial charge on any atom is 0.324 e. The van der Waals surface area contributed by atoms with E-state index < -0.39 is 4.75 Å². The Balaban J connectivity index is 1.82. The number of nitrogens with one attached hydrogen (secondary N) is 1. The molecule has 25 heavy (non-hydrogen) atoms. The molecule has 1 atom stereocenters. The van der Waals surface area contributed by atoms with Crippen molar-refractivity contribution in [3.63, 3.8) is 0 Å². The summed E-state index contributed by atoms with van der Waals surface area (Å²) in [7, 11) is 2.00. The van der Waals surface area contributed by atoms with E-state index in [2.05, 4.69) is 10.3 Å². The van der Waals surface area contributed by atoms with Crippen molar-refractivity contribution in [3.8, 4) is 0 Å². The largest absolute Gasteiger partial charge is 0.450 e. The smallest absolute Gasteiger partial charge is 0.324 e. The second kappa shape index (κ2) is 9.53. The molecule has 2 N–H and O–H groups in total. The fourth-order valence-corrected chi connectivity index (χ4v) is 4.76. The molecule has 1 unspecified atom stereocenters. The average molecular weight is 398 g/mol. The van der Waals surface area contributed by atoms with Crippen molar-refractivity contribution in [3.05, 3.63) is 40.9 Å². The van der Waals surface area contributed by atoms with Crippen LogP contribution in [0.4, 0.5) is 5.69 Å². The van der Waals surface area contributed by atoms with E-state index in [4.69, 9.17) is 9.63 Å². The van der Waals surface area contributed by atoms with E-state index in [1.54, 1.807) is 11.3 Å². The van der Waals surface area contributed by atoms with Gasteiger partial charge in [0.1, 0.15) is 4.75 Å². The molecule has 5 nitrogen and oxygen atoms in total. The molecule has 1 heterocycles. The van der Waals surface area contributed by atoms with Crippen LogP contribution in [0.1, 0.15) is 25.1 Å². The number of aliphatic hydroxyl groups is 1. The van der Waals surface area contributed by atoms with Crippen LogP contribution in [0.15, 0.2) is 34.0 Å². The van der Waals surface area contributed by atoms with E-state index in [1.807, 2.05) is 53.0 Å². The molecule has 0 radical (unpaired) electrons. The molecule has 0 bridgehead atoms. The third kappa shape index (κ3) is 6.26. The molecule has 0 saturated heterocycles. The number of anilines is 1. The molecule has 0 fully saturated rings. The summed E-state index contributed by atoms with van der Waals surface area (Å²) in [6, 6.07) is 8.07. The summed E-state index contributed by atoms with van der Waals surface area (Å²) >= 11 is 2.96. The third-order valence-electron chi connectivity index (χ3n) is 3.54. The van der Waals surface area contributed by atoms with Crippen molar-refractivity contribution in [1.82, 2.24) is 4.98 Å². The monoisotopic (exact) mass is 398 g/mol. The number of carbonyl (C=O) groups excluding carboxylic acids is 1. The van der Waals surface area contributed by atoms with Crippen LogP contribution in [0, 0.1) is 0 Å². The molecule has 0 aliphatic carbocycles. The van der Waals surface area contributed by atoms with Gasteiger partial charge in [-0.1, -0.05) is 23.9 Å². The highest BCUT2D eigenvalue weighted by Gasteiger charge is 2.31. The normalized spacial score (nSPS) is 11.4. The lowest BCUT2D eigenvalue weighted by atomic mass is 10.1. The first-order chi connectivity index (χ1) is 11.9. The highest BCUT2D eigenvalue weighted by molar-refractivity contribution is 8.03. The number of benzene rings is 1. The van der Waals surface area contributed by atoms with Crippen molar-refractivity contribution >= 4 is 44.2 Å². The lowest BCUT2D eigenvalue weighted by Crippen LogP contribution is -2.27. The fraction of sp³-hybridized carbons (Fsp3) is 0.412. The maximum absolute atomic E-state index is 11.7. The summed E-state index contributed by atoms with van der Waals surface area (Å²) in [5.41, 5.74) is 3.18. The summed E-state index contributed by atoms with van der Waals surface area (Å²) in [5, 5.41) is 14.3. The summed E-state index contributed by atoms with van der Waals surface area (Å²) in [6.07, 6.45) is 1.49. The molecule has 0 saturated carbocycles. The van der Waals surface area contributed by atoms with Crippen LogP contribution in [0.2, 0.25) is 0 Å². The van der Waals surface area contributed by atoms with E-state index in [0.29, 0.717) is 6.42 Å². The fourth-order valence-electron chi connectivity index (χ4n) is 2.11. The lowest BCUT2D eigenvalue weighted by Gasteiger charge is -2.18. The van der Waals surface area contributed by atoms with Crippen LogP contribution >= 0.6 is 32.6 Å². The van der Waals surface area contributed by atoms with Gasteiger partial charge < -0.3 is 14.9 Å². The van der Waals surface area contributed by atoms with Crippen LogP contribution < -0.4 is 5.32 Å². The Bertz CT molecular complexity index is 689. The summed E-state index contributed by atoms with van der Waals surface area (Å²) in [6.45, 7) is 4.60. The Kier molecular flexibility index (Phi) is 7.69. The molecule has 1 aromatic heterocycles. The van der Waals surface area contributed by atoms with Gasteiger partial charge in [0.15, 0.2) is 4.34 Å². The summed E-state index contributed by atoms with van der Waals surface area (Å²) in [5.74, 6) is -0.287. The molecular formula is C17H23N2O3PS2. The van der Waals surface area contributed by atoms with Crippen molar-refractivity contribution in [1.29, 1.82) is 0 Å². The molecule has 1 aromatic carbocycles. The van der Waals surface area contributed by atoms with Crippen molar-refractivity contribution in [2.45, 2.75) is 35.8 Å². The minimum atomic E-state index is -0.661. The zero-order valence-corrected chi connectivity index (χ0v) is 17.1. The van der Waals surface area contributed by atoms with E-state index in [1.165, 1.54) is 11.8 Å². The molecule has 2 rings (SSSR count). The minimum absolute atomic E-state index is 0.169. The van der Waals surface area contributed by atoms with Gasteiger partial charge in [0.2, 0.25) is 0 Å². The highest BCUT2D eigenvalue weighted by atomic mass is 32.2. The Morgan fingerprint density at radius 3 is 2.72 bits per heavy atom. The van der Waals surface area contributed by atoms with Crippen LogP contribution in [-0.2, 0) is 22.2 Å². The van der Waals surface area contributed by atoms with Crippen molar-refractivity contribution in [2.24, 2.45) is 0 Å². The molecular weight excluding hydrogens is 375 g/mol. The van der Waals surface area contributed by atoms with Gasteiger partial charge in [0.05, 0.1) is 15.2 Å². The van der Waals surface area contributed by atoms with Gasteiger partial charge in [0.25, 0.3) is 0 Å². The van der Waals surface area contributed by atoms with E-state index in [0.717, 1.165) is 34.2 Å². The SMILES string of the molecule is CC(C)(Sc1nc(CCNc2ccc(CCO)cc2)cs1)C(=O)OP. The predicted octanol–water partition coefficient (Wildman–Crippen LogP) is 3.54. The lowest BCUT2D eigenvalue weighted by molar-refractivity contribution is -0.135. The number of nitrogens with zero attached hydrogens (tertiary/aromatic N) is 1. The van der Waals surface area contributed by atoms with Gasteiger partial charge in [-0.3, -0.25) is 4.79 Å². The molecule has 0 spiro atoms. The van der Waals surface area contributed by atoms with Crippen molar-refractivity contribution < 1.29 is 14.4 Å². The second-order valence-electron chi connectivity index (χ2n) is 5.97. The second-order valence-corrected chi connectivity index (χ2v) is 8.93. The minimum Gasteiger partial charge on any atom is -0.450 e. The zero-order valence-electron chi connectivity index (χ0n) is 14.3. The number of thioether (sulfide) groups is 1. The number of hydrogen-bond acceptors (Lipinski definition) is 7. The first-order valence-corrected chi connectivity index (χ1v) is 10.1. The van der Waals surface area contributed by atoms with Gasteiger partial charge in [-0.25, -0.2) is 4.98 Å². The molecule has 0 amide bonds. The van der Waals surface area contributed by atoms with Gasteiger partial charge in [-0.2, -0.15) is 0 Å². The summed E-state index contributed by atoms with van der Waals surface area (Å²) < 4.78 is 4.94. The Labute approximate surface area is 158 Å². The van der Waals surface area contributed by atoms with E-state index in [9.17, 15) is 4.79 Å². The average Bonchev–Trinajstić information content (AvgIpc) is 3.02. The highest BCUT2D eigenvalue weighted by Crippen LogP contribution is 2.35. The van der Waals surface area contributed by atoms with Gasteiger partial charge >= 0.3 is 5.97 Å². The third-order valence-corrected chi connectivity index (χ3v) is 5.91. The van der Waals surface area contributed by atoms with E-state index >= 15 is 0 Å². The van der Waals surface area contributed by atoms with Gasteiger partial charge in [-0.05, 0) is 38.0 Å². The maximum atomic E-state index is 11.7. The molecule has 8 heteroatoms. The molecule has 136 valence electrons. The standard InChI is InChI=1S/C17H23N2O3PS2/c1-17(2,15(21)22-23)25-16-19-14(11-24-16)7-9-18-13-5-3-12(4-6-13)8-10-20/h3-6,11,18,20H,7-10,23H2,1-2H3. The molecule has 2 aromatic rings. The number of rotatable bonds is 9. The topological polar surface area (TPSA) is 71.5 Å². The van der Waals surface area contributed by atoms with Gasteiger partial charge in [0, 0.05) is 30.6 Å². The van der Waals surface area contributed by atoms with Crippen LogP contribution in [0.3, 0.4) is 0 Å². The number of thiazole rings is 1. The Morgan fingerprint density at radius 2 is 2.08 bits per heavy atom. The molecule has 0 aliphatic heterocycles. The first-order valence-electron chi connectivity index (χ1n) is 7.93.